The minimum Gasteiger partial charge on any atom is -0.508 e. The summed E-state index contributed by atoms with van der Waals surface area (Å²) in [6, 6.07) is 6.51. The maximum Gasteiger partial charge on any atom is 0.223 e. The van der Waals surface area contributed by atoms with Gasteiger partial charge in [0.2, 0.25) is 11.8 Å². The first-order valence-corrected chi connectivity index (χ1v) is 12.4. The molecule has 1 aromatic carbocycles. The van der Waals surface area contributed by atoms with E-state index < -0.39 is 5.92 Å². The molecule has 2 atom stereocenters. The van der Waals surface area contributed by atoms with Gasteiger partial charge in [-0.05, 0) is 56.3 Å². The molecule has 9 N–H and O–H groups in total. The summed E-state index contributed by atoms with van der Waals surface area (Å²) < 4.78 is 5.48. The largest absolute Gasteiger partial charge is 0.508 e. The fraction of sp³-hybridized carbons (Fsp3) is 0.600. The number of amides is 2. The molecular formula is C25H42N6O5. The molecule has 0 radical (unpaired) electrons. The van der Waals surface area contributed by atoms with Crippen molar-refractivity contribution in [2.75, 3.05) is 39.4 Å². The summed E-state index contributed by atoms with van der Waals surface area (Å²) in [5, 5.41) is 15.0. The third-order valence-corrected chi connectivity index (χ3v) is 5.55. The Morgan fingerprint density at radius 2 is 1.75 bits per heavy atom. The van der Waals surface area contributed by atoms with Gasteiger partial charge in [-0.15, -0.1) is 0 Å². The van der Waals surface area contributed by atoms with Gasteiger partial charge in [0.15, 0.2) is 11.7 Å². The van der Waals surface area contributed by atoms with Crippen LogP contribution in [0.15, 0.2) is 29.3 Å². The first kappa shape index (κ1) is 30.9. The summed E-state index contributed by atoms with van der Waals surface area (Å²) in [5.74, 6) is -1.52. The zero-order valence-corrected chi connectivity index (χ0v) is 21.2. The molecule has 0 heterocycles. The molecule has 0 spiro atoms. The number of aromatic hydroxyl groups is 1. The van der Waals surface area contributed by atoms with Gasteiger partial charge in [0, 0.05) is 38.0 Å². The second kappa shape index (κ2) is 18.1. The average Bonchev–Trinajstić information content (AvgIpc) is 2.85. The third-order valence-electron chi connectivity index (χ3n) is 5.55. The van der Waals surface area contributed by atoms with Gasteiger partial charge in [-0.1, -0.05) is 19.1 Å². The van der Waals surface area contributed by atoms with E-state index in [1.807, 2.05) is 0 Å². The van der Waals surface area contributed by atoms with Gasteiger partial charge in [0.1, 0.15) is 5.75 Å². The Morgan fingerprint density at radius 1 is 1.03 bits per heavy atom. The van der Waals surface area contributed by atoms with Crippen LogP contribution in [-0.4, -0.2) is 68.1 Å². The molecule has 202 valence electrons. The number of carbonyl (C=O) groups is 3. The number of nitrogens with two attached hydrogens (primary N) is 3. The second-order valence-electron chi connectivity index (χ2n) is 8.78. The highest BCUT2D eigenvalue weighted by Crippen LogP contribution is 2.17. The normalized spacial score (nSPS) is 12.4. The van der Waals surface area contributed by atoms with Gasteiger partial charge in [0.05, 0.1) is 13.2 Å². The summed E-state index contributed by atoms with van der Waals surface area (Å²) in [6.07, 6.45) is 3.27. The molecule has 11 heteroatoms. The monoisotopic (exact) mass is 506 g/mol. The van der Waals surface area contributed by atoms with Gasteiger partial charge in [0.25, 0.3) is 0 Å². The first-order valence-electron chi connectivity index (χ1n) is 12.4. The van der Waals surface area contributed by atoms with Crippen LogP contribution in [0.2, 0.25) is 0 Å². The number of phenolic OH excluding ortho intramolecular Hbond substituents is 1. The molecular weight excluding hydrogens is 464 g/mol. The number of nitrogens with zero attached hydrogens (tertiary/aromatic N) is 1. The molecule has 0 bridgehead atoms. The number of rotatable bonds is 19. The van der Waals surface area contributed by atoms with E-state index in [2.05, 4.69) is 15.6 Å². The van der Waals surface area contributed by atoms with Crippen molar-refractivity contribution in [1.29, 1.82) is 0 Å². The predicted molar refractivity (Wildman–Crippen MR) is 139 cm³/mol. The van der Waals surface area contributed by atoms with Gasteiger partial charge in [-0.2, -0.15) is 0 Å². The quantitative estimate of drug-likeness (QED) is 0.0868. The molecule has 0 aliphatic heterocycles. The average molecular weight is 507 g/mol. The predicted octanol–water partition coefficient (Wildman–Crippen LogP) is 0.188. The summed E-state index contributed by atoms with van der Waals surface area (Å²) >= 11 is 0. The standard InChI is InChI=1S/C25H42N6O5/c1-18(5-4-11-30-25(27)28)23(34)31-17-22(33)16-20(15-19-6-8-21(32)9-7-19)24(35)29-12-14-36-13-3-2-10-26/h6-9,18,20,32H,2-5,10-17,26H2,1H3,(H,29,35)(H,31,34)(H4,27,28,30)/t18-,20?/m0/s1. The SMILES string of the molecule is C[C@@H](CCCN=C(N)N)C(=O)NCC(=O)CC(Cc1ccc(O)cc1)C(=O)NCCOCCCCN. The lowest BCUT2D eigenvalue weighted by molar-refractivity contribution is -0.130. The fourth-order valence-electron chi connectivity index (χ4n) is 3.46. The van der Waals surface area contributed by atoms with Crippen LogP contribution in [0.3, 0.4) is 0 Å². The Hall–Kier alpha value is -3.18. The van der Waals surface area contributed by atoms with E-state index in [4.69, 9.17) is 21.9 Å². The summed E-state index contributed by atoms with van der Waals surface area (Å²) in [4.78, 5) is 41.7. The highest BCUT2D eigenvalue weighted by molar-refractivity contribution is 5.90. The number of ether oxygens (including phenoxy) is 1. The van der Waals surface area contributed by atoms with E-state index in [-0.39, 0.29) is 48.2 Å². The minimum atomic E-state index is -0.617. The smallest absolute Gasteiger partial charge is 0.223 e. The molecule has 11 nitrogen and oxygen atoms in total. The van der Waals surface area contributed by atoms with Crippen LogP contribution in [0.5, 0.6) is 5.75 Å². The zero-order chi connectivity index (χ0) is 26.8. The molecule has 0 aliphatic carbocycles. The molecule has 0 aliphatic rings. The van der Waals surface area contributed by atoms with Crippen molar-refractivity contribution < 1.29 is 24.2 Å². The van der Waals surface area contributed by atoms with E-state index in [1.54, 1.807) is 19.1 Å². The minimum absolute atomic E-state index is 0.0126. The Balaban J connectivity index is 2.56. The number of guanidine groups is 1. The van der Waals surface area contributed by atoms with Gasteiger partial charge >= 0.3 is 0 Å². The van der Waals surface area contributed by atoms with Crippen molar-refractivity contribution >= 4 is 23.6 Å². The van der Waals surface area contributed by atoms with Gasteiger partial charge < -0.3 is 37.7 Å². The van der Waals surface area contributed by atoms with E-state index >= 15 is 0 Å². The van der Waals surface area contributed by atoms with Crippen LogP contribution in [0, 0.1) is 11.8 Å². The number of phenols is 1. The second-order valence-corrected chi connectivity index (χ2v) is 8.78. The Labute approximate surface area is 213 Å². The van der Waals surface area contributed by atoms with Gasteiger partial charge in [-0.3, -0.25) is 19.4 Å². The number of hydrogen-bond acceptors (Lipinski definition) is 7. The van der Waals surface area contributed by atoms with E-state index in [9.17, 15) is 19.5 Å². The van der Waals surface area contributed by atoms with Crippen molar-refractivity contribution in [3.05, 3.63) is 29.8 Å². The lowest BCUT2D eigenvalue weighted by Gasteiger charge is -2.17. The maximum atomic E-state index is 12.8. The molecule has 0 saturated heterocycles. The van der Waals surface area contributed by atoms with Crippen LogP contribution in [0.4, 0.5) is 0 Å². The van der Waals surface area contributed by atoms with Crippen LogP contribution < -0.4 is 27.8 Å². The van der Waals surface area contributed by atoms with Crippen molar-refractivity contribution in [1.82, 2.24) is 10.6 Å². The molecule has 0 aromatic heterocycles. The van der Waals surface area contributed by atoms with Crippen LogP contribution >= 0.6 is 0 Å². The number of benzene rings is 1. The summed E-state index contributed by atoms with van der Waals surface area (Å²) in [5.41, 5.74) is 16.8. The van der Waals surface area contributed by atoms with Crippen molar-refractivity contribution in [2.24, 2.45) is 34.0 Å². The number of ketones is 1. The van der Waals surface area contributed by atoms with Crippen molar-refractivity contribution in [3.8, 4) is 5.75 Å². The third kappa shape index (κ3) is 14.3. The van der Waals surface area contributed by atoms with Crippen molar-refractivity contribution in [3.63, 3.8) is 0 Å². The van der Waals surface area contributed by atoms with E-state index in [1.165, 1.54) is 12.1 Å². The maximum absolute atomic E-state index is 12.8. The Morgan fingerprint density at radius 3 is 2.42 bits per heavy atom. The van der Waals surface area contributed by atoms with Crippen molar-refractivity contribution in [2.45, 2.75) is 45.4 Å². The number of nitrogens with one attached hydrogen (secondary N) is 2. The molecule has 1 unspecified atom stereocenters. The fourth-order valence-corrected chi connectivity index (χ4v) is 3.46. The number of unbranched alkanes of at least 4 members (excludes halogenated alkanes) is 1. The Bertz CT molecular complexity index is 827. The summed E-state index contributed by atoms with van der Waals surface area (Å²) in [7, 11) is 0. The van der Waals surface area contributed by atoms with Gasteiger partial charge in [-0.25, -0.2) is 0 Å². The van der Waals surface area contributed by atoms with Crippen LogP contribution in [-0.2, 0) is 25.5 Å². The lowest BCUT2D eigenvalue weighted by Crippen LogP contribution is -2.38. The molecule has 0 saturated carbocycles. The highest BCUT2D eigenvalue weighted by atomic mass is 16.5. The van der Waals surface area contributed by atoms with E-state index in [0.717, 1.165) is 18.4 Å². The number of hydrogen-bond donors (Lipinski definition) is 6. The summed E-state index contributed by atoms with van der Waals surface area (Å²) in [6.45, 7) is 3.95. The molecule has 1 rings (SSSR count). The lowest BCUT2D eigenvalue weighted by atomic mass is 9.93. The molecule has 1 aromatic rings. The van der Waals surface area contributed by atoms with E-state index in [0.29, 0.717) is 52.1 Å². The zero-order valence-electron chi connectivity index (χ0n) is 21.2. The molecule has 36 heavy (non-hydrogen) atoms. The number of aliphatic imine (C=N–C) groups is 1. The van der Waals surface area contributed by atoms with Crippen LogP contribution in [0.25, 0.3) is 0 Å². The topological polar surface area (TPSA) is 195 Å². The molecule has 0 fully saturated rings. The Kier molecular flexibility index (Phi) is 15.5. The number of carbonyl (C=O) groups excluding carboxylic acids is 3. The number of Topliss-reactive ketones (excluding diaryl/α,β-unsaturated/α-hetero) is 1. The highest BCUT2D eigenvalue weighted by Gasteiger charge is 2.23. The first-order chi connectivity index (χ1) is 17.2. The molecule has 2 amide bonds. The van der Waals surface area contributed by atoms with Crippen LogP contribution in [0.1, 0.15) is 44.6 Å².